The van der Waals surface area contributed by atoms with Crippen LogP contribution in [0.2, 0.25) is 0 Å². The van der Waals surface area contributed by atoms with E-state index in [0.717, 1.165) is 71.7 Å². The van der Waals surface area contributed by atoms with Gasteiger partial charge < -0.3 is 39.5 Å². The maximum atomic E-state index is 12.5. The van der Waals surface area contributed by atoms with Gasteiger partial charge in [0.15, 0.2) is 0 Å². The summed E-state index contributed by atoms with van der Waals surface area (Å²) in [6.45, 7) is 21.0. The molecule has 0 unspecified atom stereocenters. The topological polar surface area (TPSA) is 119 Å². The largest absolute Gasteiger partial charge is 0.573 e. The number of aliphatic hydroxyl groups is 2. The van der Waals surface area contributed by atoms with Crippen LogP contribution >= 0.6 is 0 Å². The summed E-state index contributed by atoms with van der Waals surface area (Å²) in [5.41, 5.74) is 6.14. The minimum Gasteiger partial charge on any atom is -0.406 e. The molecule has 0 amide bonds. The molecule has 4 N–H and O–H groups in total. The van der Waals surface area contributed by atoms with Gasteiger partial charge in [0.1, 0.15) is 11.5 Å². The summed E-state index contributed by atoms with van der Waals surface area (Å²) < 4.78 is 87.8. The van der Waals surface area contributed by atoms with Gasteiger partial charge in [-0.25, -0.2) is 9.97 Å². The van der Waals surface area contributed by atoms with Gasteiger partial charge in [0, 0.05) is 23.5 Å². The zero-order valence-electron chi connectivity index (χ0n) is 43.2. The first kappa shape index (κ1) is 54.3. The number of imidazole rings is 2. The Morgan fingerprint density at radius 1 is 0.556 bits per heavy atom. The lowest BCUT2D eigenvalue weighted by molar-refractivity contribution is -0.275. The first-order chi connectivity index (χ1) is 33.3. The van der Waals surface area contributed by atoms with E-state index in [0.29, 0.717) is 47.9 Å². The fourth-order valence-corrected chi connectivity index (χ4v) is 11.1. The molecular formula is C56H72F6N6O4. The van der Waals surface area contributed by atoms with Crippen molar-refractivity contribution in [3.63, 3.8) is 0 Å². The predicted octanol–water partition coefficient (Wildman–Crippen LogP) is 15.5. The highest BCUT2D eigenvalue weighted by atomic mass is 19.4. The minimum atomic E-state index is -4.73. The average Bonchev–Trinajstić information content (AvgIpc) is 3.77. The van der Waals surface area contributed by atoms with Crippen LogP contribution in [0.25, 0.3) is 22.1 Å². The molecule has 392 valence electrons. The highest BCUT2D eigenvalue weighted by molar-refractivity contribution is 5.82. The number of aromatic nitrogens is 4. The lowest BCUT2D eigenvalue weighted by Crippen LogP contribution is -2.29. The number of halogens is 6. The Balaban J connectivity index is 0.000000211. The van der Waals surface area contributed by atoms with Crippen molar-refractivity contribution >= 4 is 45.3 Å². The van der Waals surface area contributed by atoms with Crippen LogP contribution in [-0.4, -0.2) is 53.2 Å². The van der Waals surface area contributed by atoms with Crippen molar-refractivity contribution < 1.29 is 46.0 Å². The predicted molar refractivity (Wildman–Crippen MR) is 273 cm³/mol. The molecule has 2 fully saturated rings. The van der Waals surface area contributed by atoms with E-state index in [4.69, 9.17) is 9.97 Å². The number of nitrogens with zero attached hydrogens (tertiary/aromatic N) is 4. The molecule has 0 radical (unpaired) electrons. The third-order valence-corrected chi connectivity index (χ3v) is 13.7. The molecule has 0 saturated heterocycles. The number of alkyl halides is 6. The number of hydrogen-bond donors (Lipinski definition) is 4. The second kappa shape index (κ2) is 20.8. The van der Waals surface area contributed by atoms with E-state index < -0.39 is 23.9 Å². The number of aryl methyl sites for hydroxylation is 2. The SMILES string of the molecule is C[C@@H]1C[C@H](n2c(Nc3ccc(OC(F)(F)F)cc3)nc3cc(CCC(C)(C)O)ccc32)CC(C)(C)C1.C[C@H]1C[C@@H](n2c(Nc3ccc(OC(F)(F)F)cc3)nc3cc(CCC(C)(C)O)ccc32)CC(C)(C)C1. The summed E-state index contributed by atoms with van der Waals surface area (Å²) in [4.78, 5) is 9.84. The van der Waals surface area contributed by atoms with E-state index in [1.165, 1.54) is 37.1 Å². The molecule has 4 aromatic carbocycles. The Kier molecular flexibility index (Phi) is 15.7. The number of nitrogens with one attached hydrogen (secondary N) is 2. The van der Waals surface area contributed by atoms with Crippen LogP contribution < -0.4 is 20.1 Å². The highest BCUT2D eigenvalue weighted by Crippen LogP contribution is 2.48. The van der Waals surface area contributed by atoms with Crippen molar-refractivity contribution in [2.45, 2.75) is 169 Å². The molecule has 4 atom stereocenters. The maximum absolute atomic E-state index is 12.5. The molecule has 2 aliphatic carbocycles. The normalized spacial score (nSPS) is 20.5. The summed E-state index contributed by atoms with van der Waals surface area (Å²) in [6.07, 6.45) is -0.270. The lowest BCUT2D eigenvalue weighted by atomic mass is 9.70. The number of fused-ring (bicyclic) bond motifs is 2. The van der Waals surface area contributed by atoms with Crippen molar-refractivity contribution in [3.05, 3.63) is 96.1 Å². The van der Waals surface area contributed by atoms with Gasteiger partial charge in [-0.15, -0.1) is 26.3 Å². The number of ether oxygens (including phenoxy) is 2. The molecule has 6 aromatic rings. The third-order valence-electron chi connectivity index (χ3n) is 13.7. The summed E-state index contributed by atoms with van der Waals surface area (Å²) in [5.74, 6) is 1.94. The Hall–Kier alpha value is -5.48. The maximum Gasteiger partial charge on any atom is 0.573 e. The zero-order chi connectivity index (χ0) is 52.6. The van der Waals surface area contributed by atoms with Gasteiger partial charge in [-0.3, -0.25) is 0 Å². The molecule has 2 heterocycles. The van der Waals surface area contributed by atoms with Crippen molar-refractivity contribution in [1.82, 2.24) is 19.1 Å². The molecule has 2 aliphatic rings. The van der Waals surface area contributed by atoms with E-state index in [1.807, 2.05) is 0 Å². The summed E-state index contributed by atoms with van der Waals surface area (Å²) in [5, 5.41) is 26.9. The van der Waals surface area contributed by atoms with Crippen molar-refractivity contribution in [2.24, 2.45) is 22.7 Å². The average molecular weight is 1010 g/mol. The smallest absolute Gasteiger partial charge is 0.406 e. The van der Waals surface area contributed by atoms with E-state index in [-0.39, 0.29) is 34.4 Å². The second-order valence-electron chi connectivity index (χ2n) is 23.4. The van der Waals surface area contributed by atoms with Gasteiger partial charge in [-0.2, -0.15) is 0 Å². The monoisotopic (exact) mass is 1010 g/mol. The quantitative estimate of drug-likeness (QED) is 0.0797. The lowest BCUT2D eigenvalue weighted by Gasteiger charge is -2.40. The molecule has 16 heteroatoms. The van der Waals surface area contributed by atoms with Crippen LogP contribution in [0, 0.1) is 22.7 Å². The van der Waals surface area contributed by atoms with Crippen molar-refractivity contribution in [2.75, 3.05) is 10.6 Å². The van der Waals surface area contributed by atoms with Crippen molar-refractivity contribution in [3.8, 4) is 11.5 Å². The van der Waals surface area contributed by atoms with E-state index in [1.54, 1.807) is 52.0 Å². The van der Waals surface area contributed by atoms with Gasteiger partial charge in [0.25, 0.3) is 0 Å². The molecule has 0 aliphatic heterocycles. The van der Waals surface area contributed by atoms with Crippen LogP contribution in [0.15, 0.2) is 84.9 Å². The van der Waals surface area contributed by atoms with Crippen LogP contribution in [0.5, 0.6) is 11.5 Å². The molecule has 0 spiro atoms. The molecule has 2 saturated carbocycles. The number of hydrogen-bond acceptors (Lipinski definition) is 8. The highest BCUT2D eigenvalue weighted by Gasteiger charge is 2.37. The van der Waals surface area contributed by atoms with E-state index in [2.05, 4.69) is 107 Å². The summed E-state index contributed by atoms with van der Waals surface area (Å²) in [6, 6.07) is 24.4. The fraction of sp³-hybridized carbons (Fsp3) is 0.536. The van der Waals surface area contributed by atoms with Gasteiger partial charge in [-0.05, 0) is 198 Å². The Morgan fingerprint density at radius 2 is 0.903 bits per heavy atom. The minimum absolute atomic E-state index is 0.194. The first-order valence-electron chi connectivity index (χ1n) is 25.1. The van der Waals surface area contributed by atoms with Crippen LogP contribution in [0.4, 0.5) is 49.6 Å². The molecule has 72 heavy (non-hydrogen) atoms. The van der Waals surface area contributed by atoms with E-state index in [9.17, 15) is 36.6 Å². The van der Waals surface area contributed by atoms with Gasteiger partial charge in [0.05, 0.1) is 33.3 Å². The second-order valence-corrected chi connectivity index (χ2v) is 23.4. The van der Waals surface area contributed by atoms with Crippen LogP contribution in [0.1, 0.15) is 144 Å². The van der Waals surface area contributed by atoms with Crippen LogP contribution in [0.3, 0.4) is 0 Å². The molecule has 0 bridgehead atoms. The molecule has 2 aromatic heterocycles. The molecule has 10 nitrogen and oxygen atoms in total. The Labute approximate surface area is 419 Å². The van der Waals surface area contributed by atoms with Crippen LogP contribution in [-0.2, 0) is 12.8 Å². The Morgan fingerprint density at radius 3 is 1.21 bits per heavy atom. The van der Waals surface area contributed by atoms with Crippen molar-refractivity contribution in [1.29, 1.82) is 0 Å². The Bertz CT molecular complexity index is 2580. The third kappa shape index (κ3) is 15.3. The number of benzene rings is 4. The summed E-state index contributed by atoms with van der Waals surface area (Å²) >= 11 is 0. The van der Waals surface area contributed by atoms with Gasteiger partial charge >= 0.3 is 12.7 Å². The standard InChI is InChI=1S/2C28H36F3N3O2/c2*1-18-14-21(17-26(2,3)16-18)34-24-11-6-19(12-13-27(4,5)35)15-23(24)33-25(34)32-20-7-9-22(10-8-20)36-28(29,30)31/h2*6-11,15,18,21,35H,12-14,16-17H2,1-5H3,(H,32,33)/t2*18-,21+/m10/s1. The van der Waals surface area contributed by atoms with Gasteiger partial charge in [0.2, 0.25) is 11.9 Å². The first-order valence-corrected chi connectivity index (χ1v) is 25.1. The molecular weight excluding hydrogens is 935 g/mol. The van der Waals surface area contributed by atoms with Gasteiger partial charge in [-0.1, -0.05) is 53.7 Å². The molecule has 8 rings (SSSR count). The fourth-order valence-electron chi connectivity index (χ4n) is 11.1. The zero-order valence-corrected chi connectivity index (χ0v) is 43.2. The van der Waals surface area contributed by atoms with E-state index >= 15 is 0 Å². The number of rotatable bonds is 14. The number of anilines is 4. The summed E-state index contributed by atoms with van der Waals surface area (Å²) in [7, 11) is 0.